The fraction of sp³-hybridized carbons (Fsp3) is 0.500. The second-order valence-electron chi connectivity index (χ2n) is 6.24. The third-order valence-electron chi connectivity index (χ3n) is 4.69. The first-order valence-corrected chi connectivity index (χ1v) is 8.18. The molecule has 3 saturated heterocycles. The summed E-state index contributed by atoms with van der Waals surface area (Å²) in [6.45, 7) is 5.67. The highest BCUT2D eigenvalue weighted by atomic mass is 16.2. The van der Waals surface area contributed by atoms with Crippen LogP contribution in [-0.4, -0.2) is 88.8 Å². The van der Waals surface area contributed by atoms with Gasteiger partial charge >= 0.3 is 11.8 Å². The number of likely N-dealkylation sites (N-methyl/N-ethyl adjacent to an activating group) is 1. The van der Waals surface area contributed by atoms with Crippen LogP contribution in [0.1, 0.15) is 6.92 Å². The number of carbonyl (C=O) groups excluding carboxylic acids is 4. The topological polar surface area (TPSA) is 80.8 Å². The van der Waals surface area contributed by atoms with Gasteiger partial charge in [-0.1, -0.05) is 0 Å². The van der Waals surface area contributed by atoms with Gasteiger partial charge in [0.1, 0.15) is 11.4 Å². The van der Waals surface area contributed by atoms with Crippen molar-refractivity contribution in [3.8, 4) is 0 Å². The molecule has 2 amide bonds. The highest BCUT2D eigenvalue weighted by Crippen LogP contribution is 2.32. The molecule has 24 heavy (non-hydrogen) atoms. The zero-order chi connectivity index (χ0) is 17.0. The molecule has 0 radical (unpaired) electrons. The number of Topliss-reactive ketones (excluding diaryl/α,β-unsaturated/α-hetero) is 1. The Kier molecular flexibility index (Phi) is 3.22. The summed E-state index contributed by atoms with van der Waals surface area (Å²) in [5.41, 5.74) is 0.673. The maximum absolute atomic E-state index is 12.9. The van der Waals surface area contributed by atoms with E-state index in [1.54, 1.807) is 16.7 Å². The van der Waals surface area contributed by atoms with Crippen LogP contribution in [0, 0.1) is 0 Å². The Morgan fingerprint density at radius 2 is 1.50 bits per heavy atom. The molecule has 0 atom stereocenters. The molecule has 0 saturated carbocycles. The molecule has 0 N–H and O–H groups in total. The smallest absolute Gasteiger partial charge is 0.316 e. The zero-order valence-electron chi connectivity index (χ0n) is 13.4. The van der Waals surface area contributed by atoms with Crippen molar-refractivity contribution in [3.05, 3.63) is 23.2 Å². The van der Waals surface area contributed by atoms with Gasteiger partial charge in [-0.25, -0.2) is 0 Å². The molecule has 0 unspecified atom stereocenters. The number of hydrogen-bond acceptors (Lipinski definition) is 6. The monoisotopic (exact) mass is 330 g/mol. The van der Waals surface area contributed by atoms with Crippen LogP contribution < -0.4 is 0 Å². The van der Waals surface area contributed by atoms with Gasteiger partial charge < -0.3 is 14.7 Å². The quantitative estimate of drug-likeness (QED) is 0.357. The number of amides is 2. The summed E-state index contributed by atoms with van der Waals surface area (Å²) in [4.78, 5) is 56.4. The zero-order valence-corrected chi connectivity index (χ0v) is 13.4. The summed E-state index contributed by atoms with van der Waals surface area (Å²) in [6, 6.07) is 0. The summed E-state index contributed by atoms with van der Waals surface area (Å²) in [6.07, 6.45) is 1.36. The summed E-state index contributed by atoms with van der Waals surface area (Å²) in [5.74, 6) is -1.95. The lowest BCUT2D eigenvalue weighted by atomic mass is 10.00. The van der Waals surface area contributed by atoms with Crippen molar-refractivity contribution < 1.29 is 19.2 Å². The highest BCUT2D eigenvalue weighted by Gasteiger charge is 2.45. The van der Waals surface area contributed by atoms with Crippen LogP contribution in [0.2, 0.25) is 0 Å². The Morgan fingerprint density at radius 1 is 0.833 bits per heavy atom. The Labute approximate surface area is 138 Å². The van der Waals surface area contributed by atoms with Gasteiger partial charge in [-0.2, -0.15) is 0 Å². The Hall–Kier alpha value is -2.64. The summed E-state index contributed by atoms with van der Waals surface area (Å²) >= 11 is 0. The first-order chi connectivity index (χ1) is 11.5. The van der Waals surface area contributed by atoms with Crippen LogP contribution >= 0.6 is 0 Å². The van der Waals surface area contributed by atoms with E-state index >= 15 is 0 Å². The molecule has 126 valence electrons. The maximum Gasteiger partial charge on any atom is 0.316 e. The van der Waals surface area contributed by atoms with Gasteiger partial charge in [-0.15, -0.1) is 0 Å². The van der Waals surface area contributed by atoms with E-state index in [0.29, 0.717) is 31.9 Å². The Morgan fingerprint density at radius 3 is 2.08 bits per heavy atom. The van der Waals surface area contributed by atoms with Crippen molar-refractivity contribution in [1.29, 1.82) is 0 Å². The van der Waals surface area contributed by atoms with Gasteiger partial charge in [0.05, 0.1) is 5.70 Å². The summed E-state index contributed by atoms with van der Waals surface area (Å²) in [7, 11) is 0. The average Bonchev–Trinajstić information content (AvgIpc) is 3.45. The fourth-order valence-corrected chi connectivity index (χ4v) is 3.15. The standard InChI is InChI=1S/C16H18N4O4/c1-2-17-7-8-20(16(24)15(17)23)13-12(19-5-6-19)11(21)9-10(14(13)22)18-3-4-18/h9H,2-8H2,1H3. The van der Waals surface area contributed by atoms with Gasteiger partial charge in [0.15, 0.2) is 0 Å². The number of nitrogens with zero attached hydrogens (tertiary/aromatic N) is 4. The molecule has 4 rings (SSSR count). The number of allylic oxidation sites excluding steroid dienone is 1. The lowest BCUT2D eigenvalue weighted by Gasteiger charge is -2.35. The van der Waals surface area contributed by atoms with Crippen LogP contribution in [0.25, 0.3) is 0 Å². The van der Waals surface area contributed by atoms with Gasteiger partial charge in [0, 0.05) is 51.9 Å². The van der Waals surface area contributed by atoms with E-state index in [4.69, 9.17) is 0 Å². The summed E-state index contributed by atoms with van der Waals surface area (Å²) < 4.78 is 0. The Balaban J connectivity index is 1.74. The van der Waals surface area contributed by atoms with Crippen LogP contribution in [-0.2, 0) is 19.2 Å². The first kappa shape index (κ1) is 14.9. The SMILES string of the molecule is CCN1CCN(C2=C(N3CC3)C(=O)C=C(N3CC3)C2=O)C(=O)C1=O. The van der Waals surface area contributed by atoms with Crippen LogP contribution in [0.15, 0.2) is 23.2 Å². The molecular weight excluding hydrogens is 312 g/mol. The van der Waals surface area contributed by atoms with E-state index in [1.807, 2.05) is 0 Å². The van der Waals surface area contributed by atoms with Crippen LogP contribution in [0.4, 0.5) is 0 Å². The lowest BCUT2D eigenvalue weighted by Crippen LogP contribution is -2.55. The Bertz CT molecular complexity index is 730. The second kappa shape index (κ2) is 5.19. The van der Waals surface area contributed by atoms with Crippen molar-refractivity contribution in [3.63, 3.8) is 0 Å². The molecule has 8 nitrogen and oxygen atoms in total. The van der Waals surface area contributed by atoms with Gasteiger partial charge in [-0.3, -0.25) is 24.1 Å². The highest BCUT2D eigenvalue weighted by molar-refractivity contribution is 6.37. The predicted octanol–water partition coefficient (Wildman–Crippen LogP) is -1.44. The number of piperazine rings is 1. The second-order valence-corrected chi connectivity index (χ2v) is 6.24. The van der Waals surface area contributed by atoms with E-state index in [0.717, 1.165) is 13.1 Å². The molecule has 3 heterocycles. The first-order valence-electron chi connectivity index (χ1n) is 8.18. The molecule has 0 spiro atoms. The van der Waals surface area contributed by atoms with Crippen molar-refractivity contribution in [2.45, 2.75) is 6.92 Å². The maximum atomic E-state index is 12.9. The third kappa shape index (κ3) is 2.21. The van der Waals surface area contributed by atoms with Crippen molar-refractivity contribution in [2.24, 2.45) is 0 Å². The van der Waals surface area contributed by atoms with Crippen LogP contribution in [0.3, 0.4) is 0 Å². The summed E-state index contributed by atoms with van der Waals surface area (Å²) in [5, 5.41) is 0. The number of carbonyl (C=O) groups is 4. The molecule has 0 aromatic heterocycles. The van der Waals surface area contributed by atoms with Crippen LogP contribution in [0.5, 0.6) is 0 Å². The minimum atomic E-state index is -0.731. The van der Waals surface area contributed by atoms with Crippen molar-refractivity contribution in [1.82, 2.24) is 19.6 Å². The van der Waals surface area contributed by atoms with Crippen molar-refractivity contribution >= 4 is 23.4 Å². The van der Waals surface area contributed by atoms with E-state index in [-0.39, 0.29) is 29.5 Å². The lowest BCUT2D eigenvalue weighted by molar-refractivity contribution is -0.154. The molecular formula is C16H18N4O4. The molecule has 0 bridgehead atoms. The number of rotatable bonds is 4. The normalized spacial score (nSPS) is 24.1. The predicted molar refractivity (Wildman–Crippen MR) is 82.2 cm³/mol. The fourth-order valence-electron chi connectivity index (χ4n) is 3.15. The van der Waals surface area contributed by atoms with Gasteiger partial charge in [0.2, 0.25) is 11.6 Å². The molecule has 0 aromatic rings. The van der Waals surface area contributed by atoms with E-state index in [1.165, 1.54) is 15.9 Å². The average molecular weight is 330 g/mol. The minimum absolute atomic E-state index is 0.0796. The number of hydrogen-bond donors (Lipinski definition) is 0. The van der Waals surface area contributed by atoms with E-state index in [9.17, 15) is 19.2 Å². The van der Waals surface area contributed by atoms with Gasteiger partial charge in [0.25, 0.3) is 0 Å². The molecule has 3 fully saturated rings. The molecule has 3 aliphatic heterocycles. The van der Waals surface area contributed by atoms with E-state index < -0.39 is 11.8 Å². The molecule has 1 aliphatic carbocycles. The number of ketones is 2. The minimum Gasteiger partial charge on any atom is -0.365 e. The molecule has 8 heteroatoms. The third-order valence-corrected chi connectivity index (χ3v) is 4.69. The largest absolute Gasteiger partial charge is 0.365 e. The molecule has 4 aliphatic rings. The van der Waals surface area contributed by atoms with E-state index in [2.05, 4.69) is 0 Å². The van der Waals surface area contributed by atoms with Crippen molar-refractivity contribution in [2.75, 3.05) is 45.8 Å². The molecule has 0 aromatic carbocycles. The van der Waals surface area contributed by atoms with Gasteiger partial charge in [-0.05, 0) is 6.92 Å².